The van der Waals surface area contributed by atoms with Crippen LogP contribution in [0.15, 0.2) is 53.4 Å². The number of hydrogen-bond acceptors (Lipinski definition) is 4. The Labute approximate surface area is 228 Å². The number of rotatable bonds is 10. The summed E-state index contributed by atoms with van der Waals surface area (Å²) in [5.74, 6) is 0.542. The normalized spacial score (nSPS) is 18.5. The maximum atomic E-state index is 13.7. The van der Waals surface area contributed by atoms with Gasteiger partial charge in [-0.3, -0.25) is 9.59 Å². The van der Waals surface area contributed by atoms with Crippen LogP contribution in [0.1, 0.15) is 81.9 Å². The quantitative estimate of drug-likeness (QED) is 0.464. The van der Waals surface area contributed by atoms with Gasteiger partial charge in [-0.15, -0.1) is 0 Å². The molecule has 1 heterocycles. The van der Waals surface area contributed by atoms with Crippen LogP contribution in [0.4, 0.5) is 0 Å². The lowest BCUT2D eigenvalue weighted by molar-refractivity contribution is -0.129. The van der Waals surface area contributed by atoms with Crippen LogP contribution in [0.5, 0.6) is 0 Å². The lowest BCUT2D eigenvalue weighted by Gasteiger charge is -2.37. The van der Waals surface area contributed by atoms with Gasteiger partial charge in [-0.1, -0.05) is 64.1 Å². The molecule has 0 bridgehead atoms. The van der Waals surface area contributed by atoms with Gasteiger partial charge in [0.05, 0.1) is 4.90 Å². The number of amides is 2. The molecule has 7 nitrogen and oxygen atoms in total. The predicted octanol–water partition coefficient (Wildman–Crippen LogP) is 4.89. The Bertz CT molecular complexity index is 1190. The van der Waals surface area contributed by atoms with Crippen LogP contribution in [0.3, 0.4) is 0 Å². The third-order valence-corrected chi connectivity index (χ3v) is 9.42. The number of hydrogen-bond donors (Lipinski definition) is 1. The summed E-state index contributed by atoms with van der Waals surface area (Å²) >= 11 is 0. The maximum Gasteiger partial charge on any atom is 0.243 e. The van der Waals surface area contributed by atoms with Gasteiger partial charge >= 0.3 is 0 Å². The Morgan fingerprint density at radius 2 is 1.50 bits per heavy atom. The fraction of sp³-hybridized carbons (Fsp3) is 0.533. The van der Waals surface area contributed by atoms with Crippen molar-refractivity contribution in [1.82, 2.24) is 14.5 Å². The smallest absolute Gasteiger partial charge is 0.243 e. The van der Waals surface area contributed by atoms with Crippen LogP contribution in [0.25, 0.3) is 0 Å². The summed E-state index contributed by atoms with van der Waals surface area (Å²) < 4.78 is 28.8. The monoisotopic (exact) mass is 541 g/mol. The predicted molar refractivity (Wildman–Crippen MR) is 151 cm³/mol. The van der Waals surface area contributed by atoms with E-state index in [1.54, 1.807) is 31.1 Å². The third kappa shape index (κ3) is 7.44. The molecule has 0 spiro atoms. The van der Waals surface area contributed by atoms with Gasteiger partial charge in [0.25, 0.3) is 0 Å². The minimum atomic E-state index is -3.87. The van der Waals surface area contributed by atoms with E-state index < -0.39 is 16.1 Å². The largest absolute Gasteiger partial charge is 0.351 e. The van der Waals surface area contributed by atoms with Gasteiger partial charge in [0.15, 0.2) is 0 Å². The first-order valence-corrected chi connectivity index (χ1v) is 15.0. The van der Waals surface area contributed by atoms with Crippen molar-refractivity contribution in [3.63, 3.8) is 0 Å². The molecule has 1 saturated heterocycles. The van der Waals surface area contributed by atoms with Crippen molar-refractivity contribution in [3.8, 4) is 0 Å². The molecule has 2 amide bonds. The van der Waals surface area contributed by atoms with E-state index in [1.807, 2.05) is 24.3 Å². The summed E-state index contributed by atoms with van der Waals surface area (Å²) in [5.41, 5.74) is 3.25. The second kappa shape index (κ2) is 12.9. The van der Waals surface area contributed by atoms with E-state index in [4.69, 9.17) is 0 Å². The van der Waals surface area contributed by atoms with E-state index in [2.05, 4.69) is 45.1 Å². The van der Waals surface area contributed by atoms with E-state index >= 15 is 0 Å². The van der Waals surface area contributed by atoms with E-state index in [0.717, 1.165) is 11.1 Å². The first kappa shape index (κ1) is 29.8. The highest BCUT2D eigenvalue weighted by molar-refractivity contribution is 7.89. The van der Waals surface area contributed by atoms with E-state index in [0.29, 0.717) is 44.1 Å². The molecule has 1 aliphatic heterocycles. The highest BCUT2D eigenvalue weighted by Gasteiger charge is 2.40. The number of piperidine rings is 1. The molecule has 1 N–H and O–H groups in total. The van der Waals surface area contributed by atoms with Crippen molar-refractivity contribution in [2.45, 2.75) is 82.7 Å². The van der Waals surface area contributed by atoms with Crippen molar-refractivity contribution >= 4 is 21.8 Å². The summed E-state index contributed by atoms with van der Waals surface area (Å²) in [4.78, 5) is 27.4. The summed E-state index contributed by atoms with van der Waals surface area (Å²) in [7, 11) is -0.411. The summed E-state index contributed by atoms with van der Waals surface area (Å²) in [6.07, 6.45) is 2.03. The van der Waals surface area contributed by atoms with E-state index in [9.17, 15) is 18.0 Å². The number of carbonyl (C=O) groups is 2. The molecule has 208 valence electrons. The molecule has 0 unspecified atom stereocenters. The van der Waals surface area contributed by atoms with Crippen LogP contribution in [-0.4, -0.2) is 56.1 Å². The van der Waals surface area contributed by atoms with Gasteiger partial charge in [0.2, 0.25) is 21.8 Å². The number of nitrogens with zero attached hydrogens (tertiary/aromatic N) is 2. The van der Waals surface area contributed by atoms with Gasteiger partial charge in [-0.25, -0.2) is 8.42 Å². The molecule has 2 aromatic rings. The highest BCUT2D eigenvalue weighted by Crippen LogP contribution is 2.32. The minimum Gasteiger partial charge on any atom is -0.351 e. The molecule has 8 heteroatoms. The van der Waals surface area contributed by atoms with Gasteiger partial charge < -0.3 is 10.2 Å². The summed E-state index contributed by atoms with van der Waals surface area (Å²) in [6.45, 7) is 8.96. The first-order chi connectivity index (χ1) is 17.9. The molecule has 2 atom stereocenters. The van der Waals surface area contributed by atoms with Crippen LogP contribution < -0.4 is 5.32 Å². The van der Waals surface area contributed by atoms with Crippen LogP contribution >= 0.6 is 0 Å². The first-order valence-electron chi connectivity index (χ1n) is 13.6. The standard InChI is InChI=1S/C30H43N3O4S/c1-21(2)25-10-7-24(8-11-25)20-31-30(35)28-19-23(9-16-29(34)32(5)6)17-18-33(28)38(36,37)27-14-12-26(13-15-27)22(3)4/h7-8,10-15,21-23,28H,9,16-20H2,1-6H3,(H,31,35)/t23-,28-/m1/s1. The highest BCUT2D eigenvalue weighted by atomic mass is 32.2. The maximum absolute atomic E-state index is 13.7. The second-order valence-electron chi connectivity index (χ2n) is 11.2. The molecule has 1 fully saturated rings. The van der Waals surface area contributed by atoms with Gasteiger partial charge in [0.1, 0.15) is 6.04 Å². The zero-order valence-corrected chi connectivity index (χ0v) is 24.4. The van der Waals surface area contributed by atoms with Gasteiger partial charge in [0, 0.05) is 33.6 Å². The summed E-state index contributed by atoms with van der Waals surface area (Å²) in [6, 6.07) is 14.2. The van der Waals surface area contributed by atoms with Crippen molar-refractivity contribution in [2.24, 2.45) is 5.92 Å². The molecular weight excluding hydrogens is 498 g/mol. The second-order valence-corrected chi connectivity index (χ2v) is 13.1. The van der Waals surface area contributed by atoms with Crippen molar-refractivity contribution in [2.75, 3.05) is 20.6 Å². The zero-order valence-electron chi connectivity index (χ0n) is 23.6. The molecule has 0 aliphatic carbocycles. The van der Waals surface area contributed by atoms with Gasteiger partial charge in [-0.2, -0.15) is 4.31 Å². The molecule has 38 heavy (non-hydrogen) atoms. The Hall–Kier alpha value is -2.71. The minimum absolute atomic E-state index is 0.0381. The fourth-order valence-electron chi connectivity index (χ4n) is 4.84. The fourth-order valence-corrected chi connectivity index (χ4v) is 6.46. The Morgan fingerprint density at radius 1 is 0.947 bits per heavy atom. The summed E-state index contributed by atoms with van der Waals surface area (Å²) in [5, 5.41) is 2.98. The van der Waals surface area contributed by atoms with Crippen LogP contribution in [-0.2, 0) is 26.2 Å². The van der Waals surface area contributed by atoms with Gasteiger partial charge in [-0.05, 0) is 65.8 Å². The number of nitrogens with one attached hydrogen (secondary N) is 1. The number of benzene rings is 2. The Morgan fingerprint density at radius 3 is 2.03 bits per heavy atom. The molecule has 1 aliphatic rings. The number of carbonyl (C=O) groups excluding carboxylic acids is 2. The average Bonchev–Trinajstić information content (AvgIpc) is 2.90. The van der Waals surface area contributed by atoms with E-state index in [-0.39, 0.29) is 29.2 Å². The Kier molecular flexibility index (Phi) is 10.1. The SMILES string of the molecule is CC(C)c1ccc(CNC(=O)[C@H]2C[C@H](CCC(=O)N(C)C)CCN2S(=O)(=O)c2ccc(C(C)C)cc2)cc1. The third-order valence-electron chi connectivity index (χ3n) is 7.50. The number of sulfonamides is 1. The molecule has 2 aromatic carbocycles. The average molecular weight is 542 g/mol. The molecular formula is C30H43N3O4S. The van der Waals surface area contributed by atoms with Crippen molar-refractivity contribution < 1.29 is 18.0 Å². The van der Waals surface area contributed by atoms with Crippen molar-refractivity contribution in [1.29, 1.82) is 0 Å². The molecule has 0 aromatic heterocycles. The lowest BCUT2D eigenvalue weighted by Crippen LogP contribution is -2.53. The van der Waals surface area contributed by atoms with Crippen LogP contribution in [0.2, 0.25) is 0 Å². The Balaban J connectivity index is 1.79. The lowest BCUT2D eigenvalue weighted by atomic mass is 9.88. The topological polar surface area (TPSA) is 86.8 Å². The van der Waals surface area contributed by atoms with Crippen LogP contribution in [0, 0.1) is 5.92 Å². The zero-order chi connectivity index (χ0) is 28.0. The molecule has 3 rings (SSSR count). The molecule has 0 saturated carbocycles. The van der Waals surface area contributed by atoms with Crippen molar-refractivity contribution in [3.05, 3.63) is 65.2 Å². The van der Waals surface area contributed by atoms with E-state index in [1.165, 1.54) is 9.87 Å². The molecule has 0 radical (unpaired) electrons.